The van der Waals surface area contributed by atoms with Crippen molar-refractivity contribution in [1.82, 2.24) is 0 Å². The number of carbonyl (C=O) groups excluding carboxylic acids is 2. The molecular formula is C44H40N2O4. The van der Waals surface area contributed by atoms with Gasteiger partial charge in [-0.05, 0) is 95.8 Å². The maximum Gasteiger partial charge on any atom is 0.259 e. The molecule has 0 bridgehead atoms. The second-order valence-corrected chi connectivity index (χ2v) is 12.1. The smallest absolute Gasteiger partial charge is 0.259 e. The number of anilines is 2. The quantitative estimate of drug-likeness (QED) is 0.129. The van der Waals surface area contributed by atoms with E-state index in [2.05, 4.69) is 34.9 Å². The third kappa shape index (κ3) is 8.65. The number of amides is 2. The molecule has 0 fully saturated rings. The first-order chi connectivity index (χ1) is 24.4. The third-order valence-corrected chi connectivity index (χ3v) is 8.53. The summed E-state index contributed by atoms with van der Waals surface area (Å²) in [5.41, 5.74) is 8.65. The van der Waals surface area contributed by atoms with E-state index in [1.54, 1.807) is 12.1 Å². The molecule has 0 aromatic heterocycles. The van der Waals surface area contributed by atoms with Gasteiger partial charge in [-0.1, -0.05) is 97.1 Å². The van der Waals surface area contributed by atoms with Crippen molar-refractivity contribution in [3.8, 4) is 22.6 Å². The van der Waals surface area contributed by atoms with E-state index in [1.807, 2.05) is 123 Å². The molecule has 0 aliphatic rings. The highest BCUT2D eigenvalue weighted by Crippen LogP contribution is 2.30. The predicted molar refractivity (Wildman–Crippen MR) is 201 cm³/mol. The summed E-state index contributed by atoms with van der Waals surface area (Å²) in [5, 5.41) is 6.12. The second-order valence-electron chi connectivity index (χ2n) is 12.1. The van der Waals surface area contributed by atoms with Crippen molar-refractivity contribution in [1.29, 1.82) is 0 Å². The van der Waals surface area contributed by atoms with Crippen molar-refractivity contribution in [2.24, 2.45) is 0 Å². The number of benzene rings is 6. The number of hydrogen-bond donors (Lipinski definition) is 2. The lowest BCUT2D eigenvalue weighted by Crippen LogP contribution is -2.15. The number of aryl methyl sites for hydroxylation is 2. The molecule has 0 unspecified atom stereocenters. The lowest BCUT2D eigenvalue weighted by Gasteiger charge is -2.15. The molecule has 50 heavy (non-hydrogen) atoms. The Labute approximate surface area is 293 Å². The molecule has 0 aliphatic heterocycles. The Morgan fingerprint density at radius 2 is 0.860 bits per heavy atom. The maximum absolute atomic E-state index is 13.3. The lowest BCUT2D eigenvalue weighted by atomic mass is 9.99. The van der Waals surface area contributed by atoms with Gasteiger partial charge < -0.3 is 20.1 Å². The van der Waals surface area contributed by atoms with E-state index in [4.69, 9.17) is 9.47 Å². The van der Waals surface area contributed by atoms with Crippen LogP contribution >= 0.6 is 0 Å². The SMILES string of the molecule is Cc1cc(-c2ccc(NC(=O)c3ccccc3OCCc3ccccc3)c(C)c2)ccc1NC(=O)c1ccccc1OCCc1ccccc1. The molecule has 0 saturated carbocycles. The number of nitrogens with one attached hydrogen (secondary N) is 2. The molecule has 0 radical (unpaired) electrons. The number of ether oxygens (including phenoxy) is 2. The number of rotatable bonds is 13. The van der Waals surface area contributed by atoms with Crippen LogP contribution < -0.4 is 20.1 Å². The standard InChI is InChI=1S/C44H40N2O4/c1-31-29-35(21-23-39(31)45-43(47)37-17-9-11-19-41(37)49-27-25-33-13-5-3-6-14-33)36-22-24-40(32(2)30-36)46-44(48)38-18-10-12-20-42(38)50-28-26-34-15-7-4-8-16-34/h3-24,29-30H,25-28H2,1-2H3,(H,45,47)(H,46,48). The van der Waals surface area contributed by atoms with Gasteiger partial charge >= 0.3 is 0 Å². The topological polar surface area (TPSA) is 76.7 Å². The van der Waals surface area contributed by atoms with Crippen LogP contribution in [0.15, 0.2) is 146 Å². The van der Waals surface area contributed by atoms with Gasteiger partial charge in [0.2, 0.25) is 0 Å². The first-order valence-corrected chi connectivity index (χ1v) is 16.8. The van der Waals surface area contributed by atoms with E-state index in [0.29, 0.717) is 35.8 Å². The minimum atomic E-state index is -0.227. The summed E-state index contributed by atoms with van der Waals surface area (Å²) < 4.78 is 12.0. The summed E-state index contributed by atoms with van der Waals surface area (Å²) in [6.45, 7) is 4.89. The molecule has 250 valence electrons. The highest BCUT2D eigenvalue weighted by atomic mass is 16.5. The fraction of sp³-hybridized carbons (Fsp3) is 0.136. The molecule has 6 heteroatoms. The van der Waals surface area contributed by atoms with Crippen molar-refractivity contribution in [2.75, 3.05) is 23.8 Å². The van der Waals surface area contributed by atoms with Gasteiger partial charge in [-0.2, -0.15) is 0 Å². The molecule has 2 amide bonds. The highest BCUT2D eigenvalue weighted by Gasteiger charge is 2.16. The van der Waals surface area contributed by atoms with E-state index in [-0.39, 0.29) is 11.8 Å². The van der Waals surface area contributed by atoms with Crippen LogP contribution in [-0.4, -0.2) is 25.0 Å². The van der Waals surface area contributed by atoms with Gasteiger partial charge in [-0.3, -0.25) is 9.59 Å². The molecule has 6 aromatic carbocycles. The average molecular weight is 661 g/mol. The van der Waals surface area contributed by atoms with Crippen LogP contribution in [0.1, 0.15) is 43.0 Å². The van der Waals surface area contributed by atoms with Crippen LogP contribution in [0.3, 0.4) is 0 Å². The molecule has 0 aliphatic carbocycles. The maximum atomic E-state index is 13.3. The highest BCUT2D eigenvalue weighted by molar-refractivity contribution is 6.07. The molecular weight excluding hydrogens is 620 g/mol. The molecule has 0 saturated heterocycles. The molecule has 6 aromatic rings. The summed E-state index contributed by atoms with van der Waals surface area (Å²) in [6.07, 6.45) is 1.51. The molecule has 6 rings (SSSR count). The average Bonchev–Trinajstić information content (AvgIpc) is 3.14. The Bertz CT molecular complexity index is 1930. The van der Waals surface area contributed by atoms with Crippen LogP contribution in [0.25, 0.3) is 11.1 Å². The van der Waals surface area contributed by atoms with Gasteiger partial charge in [-0.25, -0.2) is 0 Å². The minimum Gasteiger partial charge on any atom is -0.492 e. The van der Waals surface area contributed by atoms with Gasteiger partial charge in [0.25, 0.3) is 11.8 Å². The summed E-state index contributed by atoms with van der Waals surface area (Å²) in [6, 6.07) is 46.8. The van der Waals surface area contributed by atoms with Crippen molar-refractivity contribution in [2.45, 2.75) is 26.7 Å². The zero-order chi connectivity index (χ0) is 34.7. The molecule has 0 spiro atoms. The Morgan fingerprint density at radius 1 is 0.480 bits per heavy atom. The number of carbonyl (C=O) groups is 2. The number of hydrogen-bond acceptors (Lipinski definition) is 4. The van der Waals surface area contributed by atoms with E-state index < -0.39 is 0 Å². The van der Waals surface area contributed by atoms with Crippen molar-refractivity contribution in [3.63, 3.8) is 0 Å². The van der Waals surface area contributed by atoms with E-state index in [0.717, 1.165) is 46.5 Å². The third-order valence-electron chi connectivity index (χ3n) is 8.53. The molecule has 2 N–H and O–H groups in total. The van der Waals surface area contributed by atoms with Crippen LogP contribution in [0, 0.1) is 13.8 Å². The molecule has 0 atom stereocenters. The summed E-state index contributed by atoms with van der Waals surface area (Å²) >= 11 is 0. The minimum absolute atomic E-state index is 0.227. The monoisotopic (exact) mass is 660 g/mol. The fourth-order valence-corrected chi connectivity index (χ4v) is 5.75. The molecule has 0 heterocycles. The Morgan fingerprint density at radius 3 is 1.26 bits per heavy atom. The van der Waals surface area contributed by atoms with Gasteiger partial charge in [-0.15, -0.1) is 0 Å². The zero-order valence-corrected chi connectivity index (χ0v) is 28.3. The van der Waals surface area contributed by atoms with Gasteiger partial charge in [0.05, 0.1) is 24.3 Å². The van der Waals surface area contributed by atoms with Crippen molar-refractivity contribution < 1.29 is 19.1 Å². The van der Waals surface area contributed by atoms with E-state index in [9.17, 15) is 9.59 Å². The van der Waals surface area contributed by atoms with Crippen LogP contribution in [0.5, 0.6) is 11.5 Å². The summed E-state index contributed by atoms with van der Waals surface area (Å²) in [7, 11) is 0. The second kappa shape index (κ2) is 16.3. The Hall–Kier alpha value is -6.14. The summed E-state index contributed by atoms with van der Waals surface area (Å²) in [5.74, 6) is 0.652. The zero-order valence-electron chi connectivity index (χ0n) is 28.3. The first-order valence-electron chi connectivity index (χ1n) is 16.8. The lowest BCUT2D eigenvalue weighted by molar-refractivity contribution is 0.101. The Kier molecular flexibility index (Phi) is 11.0. The molecule has 6 nitrogen and oxygen atoms in total. The van der Waals surface area contributed by atoms with Crippen LogP contribution in [-0.2, 0) is 12.8 Å². The van der Waals surface area contributed by atoms with Crippen LogP contribution in [0.2, 0.25) is 0 Å². The predicted octanol–water partition coefficient (Wildman–Crippen LogP) is 9.72. The van der Waals surface area contributed by atoms with Crippen molar-refractivity contribution in [3.05, 3.63) is 179 Å². The van der Waals surface area contributed by atoms with E-state index in [1.165, 1.54) is 11.1 Å². The normalized spacial score (nSPS) is 10.7. The summed E-state index contributed by atoms with van der Waals surface area (Å²) in [4.78, 5) is 26.7. The van der Waals surface area contributed by atoms with Gasteiger partial charge in [0.15, 0.2) is 0 Å². The number of para-hydroxylation sites is 2. The van der Waals surface area contributed by atoms with Gasteiger partial charge in [0, 0.05) is 24.2 Å². The fourth-order valence-electron chi connectivity index (χ4n) is 5.75. The first kappa shape index (κ1) is 33.7. The largest absolute Gasteiger partial charge is 0.492 e. The van der Waals surface area contributed by atoms with Crippen LogP contribution in [0.4, 0.5) is 11.4 Å². The Balaban J connectivity index is 1.08. The van der Waals surface area contributed by atoms with Gasteiger partial charge in [0.1, 0.15) is 11.5 Å². The van der Waals surface area contributed by atoms with Crippen molar-refractivity contribution >= 4 is 23.2 Å². The van der Waals surface area contributed by atoms with E-state index >= 15 is 0 Å².